The van der Waals surface area contributed by atoms with Gasteiger partial charge in [-0.05, 0) is 49.8 Å². The van der Waals surface area contributed by atoms with Crippen molar-refractivity contribution in [1.82, 2.24) is 10.2 Å². The minimum Gasteiger partial charge on any atom is -0.445 e. The van der Waals surface area contributed by atoms with Gasteiger partial charge >= 0.3 is 6.09 Å². The fourth-order valence-corrected chi connectivity index (χ4v) is 2.89. The molecular formula is C18H26N4O5. The Labute approximate surface area is 158 Å². The van der Waals surface area contributed by atoms with Crippen LogP contribution in [0, 0.1) is 10.1 Å². The van der Waals surface area contributed by atoms with Crippen molar-refractivity contribution in [2.75, 3.05) is 19.6 Å². The van der Waals surface area contributed by atoms with Gasteiger partial charge in [0.1, 0.15) is 6.61 Å². The Kier molecular flexibility index (Phi) is 8.00. The quantitative estimate of drug-likeness (QED) is 0.384. The number of nitro benzene ring substituents is 1. The molecule has 1 aromatic carbocycles. The summed E-state index contributed by atoms with van der Waals surface area (Å²) in [7, 11) is 0. The number of carbonyl (C=O) groups is 2. The third-order valence-corrected chi connectivity index (χ3v) is 4.46. The number of ether oxygens (including phenoxy) is 1. The molecule has 1 aliphatic heterocycles. The Morgan fingerprint density at radius 3 is 2.52 bits per heavy atom. The molecule has 0 aliphatic carbocycles. The molecule has 1 atom stereocenters. The average molecular weight is 378 g/mol. The first-order chi connectivity index (χ1) is 13.0. The number of unbranched alkanes of at least 4 members (excludes halogenated alkanes) is 1. The molecule has 2 rings (SSSR count). The zero-order valence-electron chi connectivity index (χ0n) is 15.3. The Balaban J connectivity index is 1.55. The molecule has 9 heteroatoms. The molecule has 2 amide bonds. The maximum atomic E-state index is 12.1. The van der Waals surface area contributed by atoms with E-state index in [4.69, 9.17) is 10.5 Å². The number of nitrogens with one attached hydrogen (secondary N) is 1. The first-order valence-electron chi connectivity index (χ1n) is 9.15. The summed E-state index contributed by atoms with van der Waals surface area (Å²) >= 11 is 0. The zero-order chi connectivity index (χ0) is 19.6. The maximum absolute atomic E-state index is 12.1. The van der Waals surface area contributed by atoms with Gasteiger partial charge in [0.05, 0.1) is 11.0 Å². The van der Waals surface area contributed by atoms with Crippen molar-refractivity contribution in [2.24, 2.45) is 5.73 Å². The molecule has 3 N–H and O–H groups in total. The predicted octanol–water partition coefficient (Wildman–Crippen LogP) is 1.94. The van der Waals surface area contributed by atoms with Crippen LogP contribution in [-0.4, -0.2) is 47.5 Å². The molecular weight excluding hydrogens is 352 g/mol. The Morgan fingerprint density at radius 1 is 1.22 bits per heavy atom. The molecule has 0 aromatic heterocycles. The number of carbonyl (C=O) groups excluding carboxylic acids is 2. The molecule has 1 aromatic rings. The third kappa shape index (κ3) is 6.86. The number of nitrogens with two attached hydrogens (primary N) is 1. The number of benzene rings is 1. The van der Waals surface area contributed by atoms with Crippen molar-refractivity contribution in [3.05, 3.63) is 39.9 Å². The minimum absolute atomic E-state index is 0.00961. The number of rotatable bonds is 9. The lowest BCUT2D eigenvalue weighted by molar-refractivity contribution is -0.384. The largest absolute Gasteiger partial charge is 0.445 e. The number of amides is 2. The summed E-state index contributed by atoms with van der Waals surface area (Å²) in [6.45, 7) is 2.08. The first-order valence-corrected chi connectivity index (χ1v) is 9.15. The number of alkyl carbamates (subject to hydrolysis) is 1. The monoisotopic (exact) mass is 378 g/mol. The number of likely N-dealkylation sites (tertiary alicyclic amines) is 1. The van der Waals surface area contributed by atoms with Crippen LogP contribution in [0.2, 0.25) is 0 Å². The number of nitro groups is 1. The summed E-state index contributed by atoms with van der Waals surface area (Å²) in [6.07, 6.45) is 3.58. The standard InChI is InChI=1S/C18H26N4O5/c19-16(17(23)21-11-3-4-12-21)5-1-2-10-20-18(24)27-13-14-6-8-15(9-7-14)22(25)26/h6-9,16H,1-5,10-13,19H2,(H,20,24). The highest BCUT2D eigenvalue weighted by molar-refractivity contribution is 5.81. The van der Waals surface area contributed by atoms with Crippen molar-refractivity contribution in [1.29, 1.82) is 0 Å². The summed E-state index contributed by atoms with van der Waals surface area (Å²) in [5.74, 6) is 0.0166. The van der Waals surface area contributed by atoms with Crippen molar-refractivity contribution in [2.45, 2.75) is 44.8 Å². The summed E-state index contributed by atoms with van der Waals surface area (Å²) < 4.78 is 5.06. The van der Waals surface area contributed by atoms with Gasteiger partial charge in [0.25, 0.3) is 5.69 Å². The Bertz CT molecular complexity index is 644. The lowest BCUT2D eigenvalue weighted by Crippen LogP contribution is -2.42. The average Bonchev–Trinajstić information content (AvgIpc) is 3.20. The second kappa shape index (κ2) is 10.5. The van der Waals surface area contributed by atoms with E-state index in [0.29, 0.717) is 24.9 Å². The highest BCUT2D eigenvalue weighted by atomic mass is 16.6. The van der Waals surface area contributed by atoms with E-state index in [9.17, 15) is 19.7 Å². The number of nitrogens with zero attached hydrogens (tertiary/aromatic N) is 2. The zero-order valence-corrected chi connectivity index (χ0v) is 15.3. The number of hydrogen-bond donors (Lipinski definition) is 2. The highest BCUT2D eigenvalue weighted by Crippen LogP contribution is 2.13. The van der Waals surface area contributed by atoms with Crippen molar-refractivity contribution in [3.63, 3.8) is 0 Å². The van der Waals surface area contributed by atoms with Crippen LogP contribution in [0.25, 0.3) is 0 Å². The molecule has 0 saturated carbocycles. The molecule has 27 heavy (non-hydrogen) atoms. The molecule has 1 fully saturated rings. The maximum Gasteiger partial charge on any atom is 0.407 e. The molecule has 9 nitrogen and oxygen atoms in total. The van der Waals surface area contributed by atoms with E-state index < -0.39 is 17.1 Å². The topological polar surface area (TPSA) is 128 Å². The fraction of sp³-hybridized carbons (Fsp3) is 0.556. The minimum atomic E-state index is -0.550. The SMILES string of the molecule is NC(CCCCNC(=O)OCc1ccc([N+](=O)[O-])cc1)C(=O)N1CCCC1. The molecule has 1 unspecified atom stereocenters. The van der Waals surface area contributed by atoms with Crippen LogP contribution < -0.4 is 11.1 Å². The molecule has 148 valence electrons. The van der Waals surface area contributed by atoms with Gasteiger partial charge in [0.15, 0.2) is 0 Å². The van der Waals surface area contributed by atoms with E-state index in [2.05, 4.69) is 5.32 Å². The van der Waals surface area contributed by atoms with Gasteiger partial charge in [-0.25, -0.2) is 4.79 Å². The van der Waals surface area contributed by atoms with Gasteiger partial charge in [0, 0.05) is 31.8 Å². The number of hydrogen-bond acceptors (Lipinski definition) is 6. The van der Waals surface area contributed by atoms with Gasteiger partial charge in [-0.15, -0.1) is 0 Å². The summed E-state index contributed by atoms with van der Waals surface area (Å²) in [5, 5.41) is 13.2. The van der Waals surface area contributed by atoms with Gasteiger partial charge < -0.3 is 20.7 Å². The predicted molar refractivity (Wildman–Crippen MR) is 98.9 cm³/mol. The van der Waals surface area contributed by atoms with E-state index >= 15 is 0 Å². The van der Waals surface area contributed by atoms with Crippen LogP contribution in [0.15, 0.2) is 24.3 Å². The molecule has 0 bridgehead atoms. The van der Waals surface area contributed by atoms with Gasteiger partial charge in [-0.1, -0.05) is 0 Å². The fourth-order valence-electron chi connectivity index (χ4n) is 2.89. The molecule has 1 heterocycles. The normalized spacial score (nSPS) is 14.6. The van der Waals surface area contributed by atoms with Crippen molar-refractivity contribution in [3.8, 4) is 0 Å². The summed E-state index contributed by atoms with van der Waals surface area (Å²) in [5.41, 5.74) is 6.59. The second-order valence-corrected chi connectivity index (χ2v) is 6.56. The smallest absolute Gasteiger partial charge is 0.407 e. The first kappa shape index (κ1) is 20.6. The molecule has 0 radical (unpaired) electrons. The van der Waals surface area contributed by atoms with Crippen LogP contribution in [-0.2, 0) is 16.1 Å². The molecule has 1 aliphatic rings. The van der Waals surface area contributed by atoms with Crippen LogP contribution in [0.5, 0.6) is 0 Å². The third-order valence-electron chi connectivity index (χ3n) is 4.46. The second-order valence-electron chi connectivity index (χ2n) is 6.56. The van der Waals surface area contributed by atoms with Crippen molar-refractivity contribution < 1.29 is 19.2 Å². The van der Waals surface area contributed by atoms with Crippen LogP contribution in [0.4, 0.5) is 10.5 Å². The van der Waals surface area contributed by atoms with E-state index in [0.717, 1.165) is 32.4 Å². The number of non-ortho nitro benzene ring substituents is 1. The van der Waals surface area contributed by atoms with E-state index in [1.807, 2.05) is 4.90 Å². The Morgan fingerprint density at radius 2 is 1.89 bits per heavy atom. The van der Waals surface area contributed by atoms with Crippen LogP contribution in [0.1, 0.15) is 37.7 Å². The van der Waals surface area contributed by atoms with Crippen LogP contribution >= 0.6 is 0 Å². The van der Waals surface area contributed by atoms with E-state index in [1.54, 1.807) is 12.1 Å². The lowest BCUT2D eigenvalue weighted by Gasteiger charge is -2.20. The van der Waals surface area contributed by atoms with E-state index in [1.165, 1.54) is 12.1 Å². The van der Waals surface area contributed by atoms with Gasteiger partial charge in [0.2, 0.25) is 5.91 Å². The summed E-state index contributed by atoms with van der Waals surface area (Å²) in [6, 6.07) is 5.35. The van der Waals surface area contributed by atoms with Gasteiger partial charge in [-0.2, -0.15) is 0 Å². The molecule has 1 saturated heterocycles. The highest BCUT2D eigenvalue weighted by Gasteiger charge is 2.23. The lowest BCUT2D eigenvalue weighted by atomic mass is 10.1. The van der Waals surface area contributed by atoms with Crippen molar-refractivity contribution >= 4 is 17.7 Å². The summed E-state index contributed by atoms with van der Waals surface area (Å²) in [4.78, 5) is 35.6. The molecule has 0 spiro atoms. The van der Waals surface area contributed by atoms with Crippen LogP contribution in [0.3, 0.4) is 0 Å². The van der Waals surface area contributed by atoms with E-state index in [-0.39, 0.29) is 18.2 Å². The van der Waals surface area contributed by atoms with Gasteiger partial charge in [-0.3, -0.25) is 14.9 Å². The Hall–Kier alpha value is -2.68.